The van der Waals surface area contributed by atoms with E-state index in [0.717, 1.165) is 43.6 Å². The second-order valence-corrected chi connectivity index (χ2v) is 8.94. The molecule has 1 saturated carbocycles. The van der Waals surface area contributed by atoms with Crippen LogP contribution in [0.3, 0.4) is 0 Å². The van der Waals surface area contributed by atoms with Crippen molar-refractivity contribution in [3.63, 3.8) is 0 Å². The first-order valence-corrected chi connectivity index (χ1v) is 10.7. The molecule has 0 heterocycles. The van der Waals surface area contributed by atoms with Gasteiger partial charge in [0.05, 0.1) is 15.9 Å². The van der Waals surface area contributed by atoms with Crippen molar-refractivity contribution in [2.24, 2.45) is 5.92 Å². The number of nitro benzene ring substituents is 1. The molecular weight excluding hydrogens is 371 g/mol. The normalized spacial score (nSPS) is 16.2. The number of nitrogens with one attached hydrogen (secondary N) is 1. The van der Waals surface area contributed by atoms with E-state index in [-0.39, 0.29) is 34.0 Å². The largest absolute Gasteiger partial charge is 0.372 e. The summed E-state index contributed by atoms with van der Waals surface area (Å²) in [5.74, 6) is -0.0722. The highest BCUT2D eigenvalue weighted by Crippen LogP contribution is 2.40. The molecule has 0 aromatic heterocycles. The lowest BCUT2D eigenvalue weighted by Crippen LogP contribution is -2.20. The van der Waals surface area contributed by atoms with Crippen LogP contribution in [0.25, 0.3) is 0 Å². The maximum absolute atomic E-state index is 13.3. The topological polar surface area (TPSA) is 89.3 Å². The van der Waals surface area contributed by atoms with Crippen molar-refractivity contribution in [2.75, 3.05) is 11.6 Å². The van der Waals surface area contributed by atoms with Crippen LogP contribution >= 0.6 is 0 Å². The van der Waals surface area contributed by atoms with Crippen LogP contribution in [0.5, 0.6) is 0 Å². The van der Waals surface area contributed by atoms with E-state index < -0.39 is 14.8 Å². The summed E-state index contributed by atoms with van der Waals surface area (Å²) >= 11 is 0. The lowest BCUT2D eigenvalue weighted by Gasteiger charge is -2.26. The third kappa shape index (κ3) is 4.44. The van der Waals surface area contributed by atoms with Crippen LogP contribution < -0.4 is 5.32 Å². The summed E-state index contributed by atoms with van der Waals surface area (Å²) in [5.41, 5.74) is 0.821. The van der Waals surface area contributed by atoms with Crippen LogP contribution in [0, 0.1) is 21.8 Å². The summed E-state index contributed by atoms with van der Waals surface area (Å²) in [6.45, 7) is 0. The van der Waals surface area contributed by atoms with Crippen LogP contribution in [0.15, 0.2) is 47.4 Å². The van der Waals surface area contributed by atoms with Gasteiger partial charge in [0.25, 0.3) is 5.69 Å². The molecule has 0 saturated heterocycles. The summed E-state index contributed by atoms with van der Waals surface area (Å²) in [7, 11) is -3.55. The van der Waals surface area contributed by atoms with E-state index in [1.165, 1.54) is 24.3 Å². The van der Waals surface area contributed by atoms with Crippen LogP contribution in [0.2, 0.25) is 0 Å². The Labute approximate surface area is 157 Å². The Morgan fingerprint density at radius 2 is 1.78 bits per heavy atom. The summed E-state index contributed by atoms with van der Waals surface area (Å²) in [6.07, 6.45) is 5.13. The number of hydrogen-bond acceptors (Lipinski definition) is 5. The predicted octanol–water partition coefficient (Wildman–Crippen LogP) is 4.48. The number of benzene rings is 2. The summed E-state index contributed by atoms with van der Waals surface area (Å²) < 4.78 is 36.8. The van der Waals surface area contributed by atoms with Crippen molar-refractivity contribution in [1.82, 2.24) is 0 Å². The number of anilines is 1. The molecule has 0 spiro atoms. The molecule has 1 unspecified atom stereocenters. The van der Waals surface area contributed by atoms with Gasteiger partial charge in [0.2, 0.25) is 0 Å². The first-order valence-electron chi connectivity index (χ1n) is 8.76. The van der Waals surface area contributed by atoms with Crippen LogP contribution in [0.4, 0.5) is 15.8 Å². The molecule has 1 atom stereocenters. The van der Waals surface area contributed by atoms with Crippen LogP contribution in [-0.4, -0.2) is 19.6 Å². The molecule has 144 valence electrons. The van der Waals surface area contributed by atoms with E-state index in [0.29, 0.717) is 0 Å². The second kappa shape index (κ2) is 7.64. The quantitative estimate of drug-likeness (QED) is 0.578. The van der Waals surface area contributed by atoms with Crippen molar-refractivity contribution < 1.29 is 17.7 Å². The summed E-state index contributed by atoms with van der Waals surface area (Å²) in [5, 5.41) is 14.7. The van der Waals surface area contributed by atoms with Gasteiger partial charge in [0.1, 0.15) is 11.5 Å². The van der Waals surface area contributed by atoms with E-state index in [4.69, 9.17) is 0 Å². The Hall–Kier alpha value is -2.48. The summed E-state index contributed by atoms with van der Waals surface area (Å²) in [4.78, 5) is 10.8. The molecule has 2 aromatic rings. The van der Waals surface area contributed by atoms with Gasteiger partial charge in [0, 0.05) is 12.3 Å². The predicted molar refractivity (Wildman–Crippen MR) is 101 cm³/mol. The molecule has 3 rings (SSSR count). The SMILES string of the molecule is CS(=O)(=O)c1ccc(NC(c2ccc(F)cc2)C2CCCC2)c([N+](=O)[O-])c1. The molecular formula is C19H21FN2O4S. The van der Waals surface area contributed by atoms with Crippen molar-refractivity contribution in [3.8, 4) is 0 Å². The number of hydrogen-bond donors (Lipinski definition) is 1. The van der Waals surface area contributed by atoms with Gasteiger partial charge in [-0.05, 0) is 48.6 Å². The van der Waals surface area contributed by atoms with Gasteiger partial charge in [-0.25, -0.2) is 12.8 Å². The van der Waals surface area contributed by atoms with Gasteiger partial charge in [-0.1, -0.05) is 25.0 Å². The zero-order valence-corrected chi connectivity index (χ0v) is 15.7. The maximum Gasteiger partial charge on any atom is 0.293 e. The molecule has 8 heteroatoms. The van der Waals surface area contributed by atoms with E-state index in [1.807, 2.05) is 0 Å². The Bertz CT molecular complexity index is 939. The van der Waals surface area contributed by atoms with E-state index in [1.54, 1.807) is 12.1 Å². The van der Waals surface area contributed by atoms with Gasteiger partial charge in [-0.15, -0.1) is 0 Å². The minimum absolute atomic E-state index is 0.0982. The molecule has 1 aliphatic carbocycles. The Balaban J connectivity index is 2.00. The smallest absolute Gasteiger partial charge is 0.293 e. The highest BCUT2D eigenvalue weighted by Gasteiger charge is 2.29. The number of halogens is 1. The highest BCUT2D eigenvalue weighted by molar-refractivity contribution is 7.90. The summed E-state index contributed by atoms with van der Waals surface area (Å²) in [6, 6.07) is 9.77. The lowest BCUT2D eigenvalue weighted by molar-refractivity contribution is -0.384. The highest BCUT2D eigenvalue weighted by atomic mass is 32.2. The molecule has 1 fully saturated rings. The first kappa shape index (κ1) is 19.3. The zero-order chi connectivity index (χ0) is 19.6. The second-order valence-electron chi connectivity index (χ2n) is 6.93. The van der Waals surface area contributed by atoms with E-state index in [9.17, 15) is 22.9 Å². The third-order valence-electron chi connectivity index (χ3n) is 5.01. The molecule has 1 N–H and O–H groups in total. The molecule has 0 aliphatic heterocycles. The first-order chi connectivity index (χ1) is 12.8. The van der Waals surface area contributed by atoms with E-state index in [2.05, 4.69) is 5.32 Å². The molecule has 1 aliphatic rings. The lowest BCUT2D eigenvalue weighted by atomic mass is 9.91. The van der Waals surface area contributed by atoms with Crippen molar-refractivity contribution in [2.45, 2.75) is 36.6 Å². The van der Waals surface area contributed by atoms with Crippen molar-refractivity contribution in [3.05, 3.63) is 64.0 Å². The molecule has 0 bridgehead atoms. The van der Waals surface area contributed by atoms with Crippen molar-refractivity contribution >= 4 is 21.2 Å². The van der Waals surface area contributed by atoms with Gasteiger partial charge in [0.15, 0.2) is 9.84 Å². The standard InChI is InChI=1S/C19H21FN2O4S/c1-27(25,26)16-10-11-17(18(12-16)22(23)24)21-19(13-4-2-3-5-13)14-6-8-15(20)9-7-14/h6-13,19,21H,2-5H2,1H3. The van der Waals surface area contributed by atoms with Gasteiger partial charge < -0.3 is 5.32 Å². The molecule has 6 nitrogen and oxygen atoms in total. The number of rotatable bonds is 6. The maximum atomic E-state index is 13.3. The fourth-order valence-electron chi connectivity index (χ4n) is 3.62. The zero-order valence-electron chi connectivity index (χ0n) is 14.9. The average molecular weight is 392 g/mol. The Morgan fingerprint density at radius 1 is 1.15 bits per heavy atom. The number of nitro groups is 1. The fraction of sp³-hybridized carbons (Fsp3) is 0.368. The minimum Gasteiger partial charge on any atom is -0.372 e. The molecule has 27 heavy (non-hydrogen) atoms. The van der Waals surface area contributed by atoms with Gasteiger partial charge in [-0.2, -0.15) is 0 Å². The molecule has 0 amide bonds. The number of sulfone groups is 1. The third-order valence-corrected chi connectivity index (χ3v) is 6.12. The van der Waals surface area contributed by atoms with E-state index >= 15 is 0 Å². The average Bonchev–Trinajstić information content (AvgIpc) is 3.14. The van der Waals surface area contributed by atoms with Gasteiger partial charge >= 0.3 is 0 Å². The monoisotopic (exact) mass is 392 g/mol. The van der Waals surface area contributed by atoms with Crippen LogP contribution in [0.1, 0.15) is 37.3 Å². The van der Waals surface area contributed by atoms with Crippen LogP contribution in [-0.2, 0) is 9.84 Å². The Morgan fingerprint density at radius 3 is 2.33 bits per heavy atom. The van der Waals surface area contributed by atoms with Crippen molar-refractivity contribution in [1.29, 1.82) is 0 Å². The fourth-order valence-corrected chi connectivity index (χ4v) is 4.26. The Kier molecular flexibility index (Phi) is 5.46. The molecule has 2 aromatic carbocycles. The van der Waals surface area contributed by atoms with Gasteiger partial charge in [-0.3, -0.25) is 10.1 Å². The molecule has 0 radical (unpaired) electrons. The minimum atomic E-state index is -3.55. The number of nitrogens with zero attached hydrogens (tertiary/aromatic N) is 1.